The first-order valence-corrected chi connectivity index (χ1v) is 7.60. The molecule has 1 unspecified atom stereocenters. The van der Waals surface area contributed by atoms with Gasteiger partial charge >= 0.3 is 0 Å². The Morgan fingerprint density at radius 3 is 2.75 bits per heavy atom. The molecule has 1 aromatic carbocycles. The number of alkyl halides is 1. The molecule has 0 fully saturated rings. The maximum Gasteiger partial charge on any atom is 0.133 e. The van der Waals surface area contributed by atoms with Crippen molar-refractivity contribution < 1.29 is 4.74 Å². The van der Waals surface area contributed by atoms with E-state index in [0.29, 0.717) is 10.9 Å². The standard InChI is InChI=1S/C12H15Br2ClO/c1-2-3-9(7-13)8-16-12-5-4-10(15)6-11(12)14/h4-6,9H,2-3,7-8H2,1H3. The van der Waals surface area contributed by atoms with Crippen molar-refractivity contribution >= 4 is 43.5 Å². The van der Waals surface area contributed by atoms with Crippen LogP contribution in [0.5, 0.6) is 5.75 Å². The van der Waals surface area contributed by atoms with E-state index < -0.39 is 0 Å². The van der Waals surface area contributed by atoms with E-state index >= 15 is 0 Å². The number of hydrogen-bond donors (Lipinski definition) is 0. The van der Waals surface area contributed by atoms with E-state index in [1.807, 2.05) is 18.2 Å². The van der Waals surface area contributed by atoms with Crippen LogP contribution in [0.1, 0.15) is 19.8 Å². The van der Waals surface area contributed by atoms with Gasteiger partial charge in [0.05, 0.1) is 11.1 Å². The van der Waals surface area contributed by atoms with Crippen LogP contribution >= 0.6 is 43.5 Å². The van der Waals surface area contributed by atoms with E-state index in [1.165, 1.54) is 12.8 Å². The summed E-state index contributed by atoms with van der Waals surface area (Å²) in [4.78, 5) is 0. The van der Waals surface area contributed by atoms with Crippen molar-refractivity contribution in [3.8, 4) is 5.75 Å². The predicted octanol–water partition coefficient (Wildman–Crippen LogP) is 5.29. The zero-order valence-corrected chi connectivity index (χ0v) is 13.1. The van der Waals surface area contributed by atoms with Gasteiger partial charge in [-0.05, 0) is 40.5 Å². The van der Waals surface area contributed by atoms with Gasteiger partial charge in [0.2, 0.25) is 0 Å². The van der Waals surface area contributed by atoms with Crippen molar-refractivity contribution in [1.82, 2.24) is 0 Å². The molecular weight excluding hydrogens is 355 g/mol. The molecule has 0 aliphatic carbocycles. The molecule has 0 aliphatic rings. The summed E-state index contributed by atoms with van der Waals surface area (Å²) in [7, 11) is 0. The maximum absolute atomic E-state index is 5.86. The van der Waals surface area contributed by atoms with Gasteiger partial charge in [0, 0.05) is 16.3 Å². The van der Waals surface area contributed by atoms with Gasteiger partial charge in [-0.25, -0.2) is 0 Å². The van der Waals surface area contributed by atoms with Crippen LogP contribution in [0.3, 0.4) is 0 Å². The Morgan fingerprint density at radius 1 is 1.44 bits per heavy atom. The Bertz CT molecular complexity index is 331. The smallest absolute Gasteiger partial charge is 0.133 e. The monoisotopic (exact) mass is 368 g/mol. The van der Waals surface area contributed by atoms with Crippen LogP contribution in [0.4, 0.5) is 0 Å². The second-order valence-corrected chi connectivity index (χ2v) is 5.63. The lowest BCUT2D eigenvalue weighted by molar-refractivity contribution is 0.254. The molecule has 1 aromatic rings. The van der Waals surface area contributed by atoms with Crippen LogP contribution in [0.2, 0.25) is 5.02 Å². The van der Waals surface area contributed by atoms with Crippen molar-refractivity contribution in [2.45, 2.75) is 19.8 Å². The molecule has 90 valence electrons. The van der Waals surface area contributed by atoms with Crippen molar-refractivity contribution in [3.05, 3.63) is 27.7 Å². The third kappa shape index (κ3) is 4.64. The molecule has 0 saturated heterocycles. The number of ether oxygens (including phenoxy) is 1. The van der Waals surface area contributed by atoms with E-state index in [2.05, 4.69) is 38.8 Å². The minimum Gasteiger partial charge on any atom is -0.492 e. The Balaban J connectivity index is 2.53. The molecular formula is C12H15Br2ClO. The van der Waals surface area contributed by atoms with E-state index in [0.717, 1.165) is 22.2 Å². The van der Waals surface area contributed by atoms with Crippen molar-refractivity contribution in [3.63, 3.8) is 0 Å². The largest absolute Gasteiger partial charge is 0.492 e. The van der Waals surface area contributed by atoms with Crippen molar-refractivity contribution in [2.24, 2.45) is 5.92 Å². The lowest BCUT2D eigenvalue weighted by atomic mass is 10.1. The Labute approximate surface area is 119 Å². The highest BCUT2D eigenvalue weighted by molar-refractivity contribution is 9.10. The van der Waals surface area contributed by atoms with Crippen molar-refractivity contribution in [1.29, 1.82) is 0 Å². The average Bonchev–Trinajstić information content (AvgIpc) is 2.26. The normalized spacial score (nSPS) is 12.5. The third-order valence-corrected chi connectivity index (χ3v) is 4.05. The minimum atomic E-state index is 0.563. The molecule has 16 heavy (non-hydrogen) atoms. The molecule has 0 spiro atoms. The van der Waals surface area contributed by atoms with E-state index in [4.69, 9.17) is 16.3 Å². The van der Waals surface area contributed by atoms with Crippen LogP contribution in [0.15, 0.2) is 22.7 Å². The first kappa shape index (κ1) is 14.3. The summed E-state index contributed by atoms with van der Waals surface area (Å²) >= 11 is 12.8. The van der Waals surface area contributed by atoms with Gasteiger partial charge in [0.25, 0.3) is 0 Å². The van der Waals surface area contributed by atoms with Gasteiger partial charge in [-0.2, -0.15) is 0 Å². The first-order chi connectivity index (χ1) is 7.67. The molecule has 0 aliphatic heterocycles. The quantitative estimate of drug-likeness (QED) is 0.618. The van der Waals surface area contributed by atoms with Gasteiger partial charge in [0.15, 0.2) is 0 Å². The summed E-state index contributed by atoms with van der Waals surface area (Å²) in [5.41, 5.74) is 0. The molecule has 1 rings (SSSR count). The highest BCUT2D eigenvalue weighted by Gasteiger charge is 2.08. The molecule has 4 heteroatoms. The number of halogens is 3. The lowest BCUT2D eigenvalue weighted by Gasteiger charge is -2.15. The lowest BCUT2D eigenvalue weighted by Crippen LogP contribution is -2.13. The molecule has 0 heterocycles. The Hall–Kier alpha value is 0.270. The molecule has 1 nitrogen and oxygen atoms in total. The fourth-order valence-corrected chi connectivity index (χ4v) is 2.72. The molecule has 0 amide bonds. The number of hydrogen-bond acceptors (Lipinski definition) is 1. The second-order valence-electron chi connectivity index (χ2n) is 3.69. The molecule has 1 atom stereocenters. The van der Waals surface area contributed by atoms with E-state index in [-0.39, 0.29) is 0 Å². The first-order valence-electron chi connectivity index (χ1n) is 5.31. The van der Waals surface area contributed by atoms with Crippen LogP contribution in [-0.4, -0.2) is 11.9 Å². The Morgan fingerprint density at radius 2 is 2.19 bits per heavy atom. The highest BCUT2D eigenvalue weighted by atomic mass is 79.9. The summed E-state index contributed by atoms with van der Waals surface area (Å²) in [6, 6.07) is 5.58. The van der Waals surface area contributed by atoms with Gasteiger partial charge in [-0.3, -0.25) is 0 Å². The SMILES string of the molecule is CCCC(CBr)COc1ccc(Cl)cc1Br. The average molecular weight is 371 g/mol. The van der Waals surface area contributed by atoms with Gasteiger partial charge in [-0.15, -0.1) is 0 Å². The molecule has 0 bridgehead atoms. The summed E-state index contributed by atoms with van der Waals surface area (Å²) in [6.45, 7) is 2.92. The molecule has 0 aromatic heterocycles. The van der Waals surface area contributed by atoms with Gasteiger partial charge < -0.3 is 4.74 Å². The summed E-state index contributed by atoms with van der Waals surface area (Å²) in [6.07, 6.45) is 2.36. The number of rotatable bonds is 6. The second kappa shape index (κ2) is 7.57. The summed E-state index contributed by atoms with van der Waals surface area (Å²) in [5.74, 6) is 1.42. The topological polar surface area (TPSA) is 9.23 Å². The number of benzene rings is 1. The third-order valence-electron chi connectivity index (χ3n) is 2.28. The van der Waals surface area contributed by atoms with Crippen LogP contribution in [0, 0.1) is 5.92 Å². The van der Waals surface area contributed by atoms with E-state index in [9.17, 15) is 0 Å². The summed E-state index contributed by atoms with van der Waals surface area (Å²) in [5, 5.41) is 1.69. The molecule has 0 radical (unpaired) electrons. The van der Waals surface area contributed by atoms with Gasteiger partial charge in [-0.1, -0.05) is 40.9 Å². The zero-order chi connectivity index (χ0) is 12.0. The molecule has 0 N–H and O–H groups in total. The van der Waals surface area contributed by atoms with Gasteiger partial charge in [0.1, 0.15) is 5.75 Å². The maximum atomic E-state index is 5.86. The molecule has 0 saturated carbocycles. The zero-order valence-electron chi connectivity index (χ0n) is 9.18. The van der Waals surface area contributed by atoms with Crippen LogP contribution in [0.25, 0.3) is 0 Å². The van der Waals surface area contributed by atoms with Crippen LogP contribution < -0.4 is 4.74 Å². The summed E-state index contributed by atoms with van der Waals surface area (Å²) < 4.78 is 6.67. The van der Waals surface area contributed by atoms with Crippen LogP contribution in [-0.2, 0) is 0 Å². The van der Waals surface area contributed by atoms with Crippen molar-refractivity contribution in [2.75, 3.05) is 11.9 Å². The highest BCUT2D eigenvalue weighted by Crippen LogP contribution is 2.28. The minimum absolute atomic E-state index is 0.563. The Kier molecular flexibility index (Phi) is 6.78. The predicted molar refractivity (Wildman–Crippen MR) is 76.8 cm³/mol. The fraction of sp³-hybridized carbons (Fsp3) is 0.500. The van der Waals surface area contributed by atoms with E-state index in [1.54, 1.807) is 0 Å². The fourth-order valence-electron chi connectivity index (χ4n) is 1.41.